The summed E-state index contributed by atoms with van der Waals surface area (Å²) in [7, 11) is -3.65. The van der Waals surface area contributed by atoms with Crippen LogP contribution in [0.3, 0.4) is 0 Å². The fraction of sp³-hybridized carbons (Fsp3) is 0.632. The van der Waals surface area contributed by atoms with E-state index < -0.39 is 15.8 Å². The number of carbonyl (C=O) groups excluding carboxylic acids is 1. The highest BCUT2D eigenvalue weighted by Crippen LogP contribution is 2.21. The maximum absolute atomic E-state index is 13.0. The largest absolute Gasteiger partial charge is 0.339 e. The second-order valence-corrected chi connectivity index (χ2v) is 9.21. The number of carbonyl (C=O) groups is 1. The van der Waals surface area contributed by atoms with Crippen LogP contribution >= 0.6 is 0 Å². The first-order chi connectivity index (χ1) is 12.9. The van der Waals surface area contributed by atoms with E-state index in [9.17, 15) is 17.6 Å². The van der Waals surface area contributed by atoms with E-state index in [-0.39, 0.29) is 23.9 Å². The number of hydrogen-bond acceptors (Lipinski definition) is 4. The van der Waals surface area contributed by atoms with Gasteiger partial charge in [0.1, 0.15) is 5.82 Å². The zero-order valence-electron chi connectivity index (χ0n) is 15.8. The highest BCUT2D eigenvalue weighted by atomic mass is 32.2. The van der Waals surface area contributed by atoms with Gasteiger partial charge in [0.15, 0.2) is 0 Å². The fourth-order valence-electron chi connectivity index (χ4n) is 3.94. The molecule has 27 heavy (non-hydrogen) atoms. The molecule has 0 aliphatic carbocycles. The third kappa shape index (κ3) is 4.67. The summed E-state index contributed by atoms with van der Waals surface area (Å²) in [5.74, 6) is -0.387. The lowest BCUT2D eigenvalue weighted by Gasteiger charge is -2.38. The third-order valence-corrected chi connectivity index (χ3v) is 7.51. The van der Waals surface area contributed by atoms with Crippen LogP contribution in [0.5, 0.6) is 0 Å². The normalized spacial score (nSPS) is 22.7. The molecule has 1 amide bonds. The minimum atomic E-state index is -3.65. The molecule has 0 radical (unpaired) electrons. The van der Waals surface area contributed by atoms with Crippen molar-refractivity contribution in [2.75, 3.05) is 39.3 Å². The molecule has 2 fully saturated rings. The monoisotopic (exact) mass is 397 g/mol. The lowest BCUT2D eigenvalue weighted by molar-refractivity contribution is -0.134. The van der Waals surface area contributed by atoms with Gasteiger partial charge in [0.2, 0.25) is 15.9 Å². The lowest BCUT2D eigenvalue weighted by atomic mass is 10.00. The molecular weight excluding hydrogens is 369 g/mol. The first-order valence-corrected chi connectivity index (χ1v) is 11.1. The molecule has 0 aromatic heterocycles. The van der Waals surface area contributed by atoms with Gasteiger partial charge in [-0.2, -0.15) is 4.31 Å². The summed E-state index contributed by atoms with van der Waals surface area (Å²) in [6, 6.07) is 5.33. The summed E-state index contributed by atoms with van der Waals surface area (Å²) in [5, 5.41) is 0. The maximum Gasteiger partial charge on any atom is 0.243 e. The number of sulfonamides is 1. The molecule has 1 aromatic rings. The van der Waals surface area contributed by atoms with Gasteiger partial charge in [0.25, 0.3) is 0 Å². The molecule has 0 N–H and O–H groups in total. The second kappa shape index (κ2) is 8.67. The average Bonchev–Trinajstić information content (AvgIpc) is 2.69. The van der Waals surface area contributed by atoms with Gasteiger partial charge in [-0.1, -0.05) is 13.3 Å². The summed E-state index contributed by atoms with van der Waals surface area (Å²) >= 11 is 0. The van der Waals surface area contributed by atoms with Crippen LogP contribution in [-0.4, -0.2) is 73.7 Å². The van der Waals surface area contributed by atoms with Crippen LogP contribution in [-0.2, 0) is 14.8 Å². The van der Waals surface area contributed by atoms with Gasteiger partial charge >= 0.3 is 0 Å². The zero-order chi connectivity index (χ0) is 19.4. The Kier molecular flexibility index (Phi) is 6.49. The van der Waals surface area contributed by atoms with Gasteiger partial charge in [-0.15, -0.1) is 0 Å². The number of hydrogen-bond donors (Lipinski definition) is 0. The molecule has 0 spiro atoms. The van der Waals surface area contributed by atoms with Crippen LogP contribution in [0.1, 0.15) is 32.6 Å². The van der Waals surface area contributed by atoms with Gasteiger partial charge < -0.3 is 4.90 Å². The highest BCUT2D eigenvalue weighted by Gasteiger charge is 2.31. The Balaban J connectivity index is 1.56. The lowest BCUT2D eigenvalue weighted by Crippen LogP contribution is -2.53. The van der Waals surface area contributed by atoms with Crippen molar-refractivity contribution in [2.45, 2.75) is 43.5 Å². The molecule has 1 unspecified atom stereocenters. The zero-order valence-corrected chi connectivity index (χ0v) is 16.6. The number of piperazine rings is 1. The van der Waals surface area contributed by atoms with Gasteiger partial charge in [-0.05, 0) is 50.1 Å². The Labute approximate surface area is 161 Å². The van der Waals surface area contributed by atoms with Gasteiger partial charge in [0, 0.05) is 32.2 Å². The van der Waals surface area contributed by atoms with E-state index in [1.165, 1.54) is 22.9 Å². The van der Waals surface area contributed by atoms with Crippen molar-refractivity contribution in [2.24, 2.45) is 0 Å². The van der Waals surface area contributed by atoms with Gasteiger partial charge in [-0.25, -0.2) is 12.8 Å². The predicted octanol–water partition coefficient (Wildman–Crippen LogP) is 1.92. The van der Waals surface area contributed by atoms with E-state index in [1.807, 2.05) is 0 Å². The summed E-state index contributed by atoms with van der Waals surface area (Å²) < 4.78 is 39.8. The van der Waals surface area contributed by atoms with E-state index in [4.69, 9.17) is 0 Å². The average molecular weight is 398 g/mol. The van der Waals surface area contributed by atoms with Crippen molar-refractivity contribution >= 4 is 15.9 Å². The number of likely N-dealkylation sites (tertiary alicyclic amines) is 1. The van der Waals surface area contributed by atoms with Crippen LogP contribution in [0.15, 0.2) is 29.2 Å². The first-order valence-electron chi connectivity index (χ1n) is 9.69. The molecular formula is C19H28FN3O3S. The molecule has 2 aliphatic rings. The molecule has 3 rings (SSSR count). The molecule has 0 bridgehead atoms. The van der Waals surface area contributed by atoms with Crippen molar-refractivity contribution in [3.63, 3.8) is 0 Å². The summed E-state index contributed by atoms with van der Waals surface area (Å²) in [4.78, 5) is 16.8. The number of amides is 1. The van der Waals surface area contributed by atoms with Crippen LogP contribution in [0, 0.1) is 5.82 Å². The number of rotatable bonds is 5. The topological polar surface area (TPSA) is 60.9 Å². The third-order valence-electron chi connectivity index (χ3n) is 5.60. The molecule has 2 saturated heterocycles. The minimum Gasteiger partial charge on any atom is -0.339 e. The van der Waals surface area contributed by atoms with E-state index in [0.29, 0.717) is 25.7 Å². The molecule has 6 nitrogen and oxygen atoms in total. The molecule has 1 atom stereocenters. The number of benzene rings is 1. The molecule has 8 heteroatoms. The summed E-state index contributed by atoms with van der Waals surface area (Å²) in [6.07, 6.45) is 4.56. The summed E-state index contributed by atoms with van der Waals surface area (Å²) in [5.41, 5.74) is 0. The van der Waals surface area contributed by atoms with Crippen molar-refractivity contribution < 1.29 is 17.6 Å². The Bertz CT molecular complexity index is 746. The van der Waals surface area contributed by atoms with Crippen LogP contribution < -0.4 is 0 Å². The minimum absolute atomic E-state index is 0.0779. The van der Waals surface area contributed by atoms with Crippen molar-refractivity contribution in [3.05, 3.63) is 30.1 Å². The smallest absolute Gasteiger partial charge is 0.243 e. The number of nitrogens with zero attached hydrogens (tertiary/aromatic N) is 3. The van der Waals surface area contributed by atoms with Crippen molar-refractivity contribution in [1.82, 2.24) is 14.1 Å². The van der Waals surface area contributed by atoms with E-state index in [0.717, 1.165) is 37.9 Å². The standard InChI is InChI=1S/C19H28FN3O3S/c1-2-17-5-3-4-10-22(17)15-19(24)21-11-13-23(14-12-21)27(25,26)18-8-6-16(20)7-9-18/h6-9,17H,2-5,10-15H2,1H3. The highest BCUT2D eigenvalue weighted by molar-refractivity contribution is 7.89. The Morgan fingerprint density at radius 1 is 1.07 bits per heavy atom. The Morgan fingerprint density at radius 3 is 2.37 bits per heavy atom. The van der Waals surface area contributed by atoms with E-state index >= 15 is 0 Å². The van der Waals surface area contributed by atoms with E-state index in [2.05, 4.69) is 11.8 Å². The molecule has 150 valence electrons. The molecule has 0 saturated carbocycles. The molecule has 2 aliphatic heterocycles. The fourth-order valence-corrected chi connectivity index (χ4v) is 5.36. The van der Waals surface area contributed by atoms with Crippen molar-refractivity contribution in [1.29, 1.82) is 0 Å². The Morgan fingerprint density at radius 2 is 1.74 bits per heavy atom. The first kappa shape index (κ1) is 20.2. The van der Waals surface area contributed by atoms with Gasteiger partial charge in [0.05, 0.1) is 11.4 Å². The second-order valence-electron chi connectivity index (χ2n) is 7.27. The van der Waals surface area contributed by atoms with Crippen molar-refractivity contribution in [3.8, 4) is 0 Å². The van der Waals surface area contributed by atoms with Crippen LogP contribution in [0.2, 0.25) is 0 Å². The molecule has 2 heterocycles. The number of halogens is 1. The summed E-state index contributed by atoms with van der Waals surface area (Å²) in [6.45, 7) is 4.86. The van der Waals surface area contributed by atoms with Crippen LogP contribution in [0.25, 0.3) is 0 Å². The maximum atomic E-state index is 13.0. The van der Waals surface area contributed by atoms with Crippen LogP contribution in [0.4, 0.5) is 4.39 Å². The SMILES string of the molecule is CCC1CCCCN1CC(=O)N1CCN(S(=O)(=O)c2ccc(F)cc2)CC1. The van der Waals surface area contributed by atoms with E-state index in [1.54, 1.807) is 4.90 Å². The quantitative estimate of drug-likeness (QED) is 0.762. The van der Waals surface area contributed by atoms with Gasteiger partial charge in [-0.3, -0.25) is 9.69 Å². The Hall–Kier alpha value is -1.51. The number of piperidine rings is 1. The molecule has 1 aromatic carbocycles. The predicted molar refractivity (Wildman–Crippen MR) is 101 cm³/mol.